The van der Waals surface area contributed by atoms with Crippen LogP contribution in [0.25, 0.3) is 0 Å². The van der Waals surface area contributed by atoms with Gasteiger partial charge in [-0.1, -0.05) is 13.3 Å². The SMILES string of the molecule is CCC1CC(=O)CC1C(=O)O. The quantitative estimate of drug-likeness (QED) is 0.650. The molecule has 3 nitrogen and oxygen atoms in total. The molecule has 1 fully saturated rings. The van der Waals surface area contributed by atoms with E-state index in [9.17, 15) is 9.59 Å². The molecule has 0 radical (unpaired) electrons. The Balaban J connectivity index is 2.64. The van der Waals surface area contributed by atoms with Crippen LogP contribution in [-0.4, -0.2) is 16.9 Å². The van der Waals surface area contributed by atoms with Crippen LogP contribution in [0.4, 0.5) is 0 Å². The molecule has 0 aromatic rings. The Labute approximate surface area is 65.4 Å². The summed E-state index contributed by atoms with van der Waals surface area (Å²) in [5.74, 6) is -1.04. The van der Waals surface area contributed by atoms with Crippen LogP contribution in [0.5, 0.6) is 0 Å². The Kier molecular flexibility index (Phi) is 2.27. The maximum absolute atomic E-state index is 10.9. The van der Waals surface area contributed by atoms with Gasteiger partial charge in [0, 0.05) is 12.8 Å². The van der Waals surface area contributed by atoms with Gasteiger partial charge in [0.1, 0.15) is 5.78 Å². The van der Waals surface area contributed by atoms with Gasteiger partial charge in [-0.25, -0.2) is 0 Å². The van der Waals surface area contributed by atoms with Gasteiger partial charge < -0.3 is 5.11 Å². The fourth-order valence-electron chi connectivity index (χ4n) is 1.65. The van der Waals surface area contributed by atoms with Gasteiger partial charge >= 0.3 is 5.97 Å². The molecule has 0 saturated heterocycles. The van der Waals surface area contributed by atoms with Crippen molar-refractivity contribution in [1.82, 2.24) is 0 Å². The minimum atomic E-state index is -0.817. The maximum atomic E-state index is 10.9. The van der Waals surface area contributed by atoms with Crippen LogP contribution >= 0.6 is 0 Å². The highest BCUT2D eigenvalue weighted by Crippen LogP contribution is 2.31. The number of carbonyl (C=O) groups is 2. The first kappa shape index (κ1) is 8.24. The van der Waals surface area contributed by atoms with Gasteiger partial charge in [0.25, 0.3) is 0 Å². The number of Topliss-reactive ketones (excluding diaryl/α,β-unsaturated/α-hetero) is 1. The molecule has 1 aliphatic carbocycles. The zero-order valence-electron chi connectivity index (χ0n) is 6.54. The molecule has 0 aromatic carbocycles. The highest BCUT2D eigenvalue weighted by molar-refractivity contribution is 5.87. The predicted molar refractivity (Wildman–Crippen MR) is 39.1 cm³/mol. The molecule has 11 heavy (non-hydrogen) atoms. The average molecular weight is 156 g/mol. The highest BCUT2D eigenvalue weighted by Gasteiger charge is 2.36. The molecule has 1 saturated carbocycles. The molecule has 2 atom stereocenters. The van der Waals surface area contributed by atoms with Gasteiger partial charge in [-0.05, 0) is 5.92 Å². The number of hydrogen-bond acceptors (Lipinski definition) is 2. The Morgan fingerprint density at radius 1 is 1.64 bits per heavy atom. The molecule has 0 amide bonds. The Morgan fingerprint density at radius 3 is 2.64 bits per heavy atom. The number of hydrogen-bond donors (Lipinski definition) is 1. The second-order valence-electron chi connectivity index (χ2n) is 3.06. The lowest BCUT2D eigenvalue weighted by atomic mass is 9.94. The van der Waals surface area contributed by atoms with E-state index in [2.05, 4.69) is 0 Å². The second-order valence-corrected chi connectivity index (χ2v) is 3.06. The lowest BCUT2D eigenvalue weighted by Gasteiger charge is -2.10. The van der Waals surface area contributed by atoms with Crippen LogP contribution in [0.15, 0.2) is 0 Å². The smallest absolute Gasteiger partial charge is 0.307 e. The van der Waals surface area contributed by atoms with Gasteiger partial charge in [-0.2, -0.15) is 0 Å². The van der Waals surface area contributed by atoms with Crippen molar-refractivity contribution in [1.29, 1.82) is 0 Å². The van der Waals surface area contributed by atoms with E-state index in [0.717, 1.165) is 6.42 Å². The van der Waals surface area contributed by atoms with Crippen molar-refractivity contribution in [3.8, 4) is 0 Å². The van der Waals surface area contributed by atoms with Crippen LogP contribution in [-0.2, 0) is 9.59 Å². The Morgan fingerprint density at radius 2 is 2.27 bits per heavy atom. The monoisotopic (exact) mass is 156 g/mol. The average Bonchev–Trinajstić information content (AvgIpc) is 2.30. The number of carbonyl (C=O) groups excluding carboxylic acids is 1. The number of rotatable bonds is 2. The lowest BCUT2D eigenvalue weighted by Crippen LogP contribution is -2.17. The summed E-state index contributed by atoms with van der Waals surface area (Å²) in [5.41, 5.74) is 0. The van der Waals surface area contributed by atoms with Gasteiger partial charge in [-0.3, -0.25) is 9.59 Å². The fourth-order valence-corrected chi connectivity index (χ4v) is 1.65. The van der Waals surface area contributed by atoms with Gasteiger partial charge in [-0.15, -0.1) is 0 Å². The molecule has 0 aromatic heterocycles. The molecule has 3 heteroatoms. The molecule has 0 aliphatic heterocycles. The minimum Gasteiger partial charge on any atom is -0.481 e. The molecule has 1 rings (SSSR count). The van der Waals surface area contributed by atoms with Crippen molar-refractivity contribution in [2.24, 2.45) is 11.8 Å². The van der Waals surface area contributed by atoms with Crippen LogP contribution in [0.3, 0.4) is 0 Å². The third-order valence-electron chi connectivity index (χ3n) is 2.35. The first-order valence-corrected chi connectivity index (χ1v) is 3.89. The number of carboxylic acids is 1. The summed E-state index contributed by atoms with van der Waals surface area (Å²) in [6, 6.07) is 0. The topological polar surface area (TPSA) is 54.4 Å². The predicted octanol–water partition coefficient (Wildman–Crippen LogP) is 1.08. The van der Waals surface area contributed by atoms with Crippen molar-refractivity contribution in [2.45, 2.75) is 26.2 Å². The summed E-state index contributed by atoms with van der Waals surface area (Å²) in [5, 5.41) is 8.68. The zero-order chi connectivity index (χ0) is 8.43. The summed E-state index contributed by atoms with van der Waals surface area (Å²) in [7, 11) is 0. The summed E-state index contributed by atoms with van der Waals surface area (Å²) >= 11 is 0. The summed E-state index contributed by atoms with van der Waals surface area (Å²) in [6.07, 6.45) is 1.50. The first-order valence-electron chi connectivity index (χ1n) is 3.89. The number of ketones is 1. The van der Waals surface area contributed by atoms with E-state index in [1.807, 2.05) is 6.92 Å². The molecule has 0 heterocycles. The van der Waals surface area contributed by atoms with Crippen LogP contribution in [0.1, 0.15) is 26.2 Å². The van der Waals surface area contributed by atoms with Crippen molar-refractivity contribution in [2.75, 3.05) is 0 Å². The molecule has 1 N–H and O–H groups in total. The van der Waals surface area contributed by atoms with Crippen molar-refractivity contribution >= 4 is 11.8 Å². The normalized spacial score (nSPS) is 30.8. The Bertz CT molecular complexity index is 186. The van der Waals surface area contributed by atoms with Crippen molar-refractivity contribution in [3.63, 3.8) is 0 Å². The highest BCUT2D eigenvalue weighted by atomic mass is 16.4. The number of aliphatic carboxylic acids is 1. The first-order chi connectivity index (χ1) is 5.15. The van der Waals surface area contributed by atoms with E-state index < -0.39 is 11.9 Å². The van der Waals surface area contributed by atoms with E-state index in [4.69, 9.17) is 5.11 Å². The van der Waals surface area contributed by atoms with Crippen LogP contribution in [0.2, 0.25) is 0 Å². The largest absolute Gasteiger partial charge is 0.481 e. The van der Waals surface area contributed by atoms with E-state index in [1.54, 1.807) is 0 Å². The van der Waals surface area contributed by atoms with Crippen molar-refractivity contribution in [3.05, 3.63) is 0 Å². The maximum Gasteiger partial charge on any atom is 0.307 e. The number of carboxylic acid groups (broad SMARTS) is 1. The lowest BCUT2D eigenvalue weighted by molar-refractivity contribution is -0.143. The molecule has 0 spiro atoms. The zero-order valence-corrected chi connectivity index (χ0v) is 6.54. The van der Waals surface area contributed by atoms with Crippen LogP contribution < -0.4 is 0 Å². The molecular formula is C8H12O3. The molecule has 62 valence electrons. The third-order valence-corrected chi connectivity index (χ3v) is 2.35. The summed E-state index contributed by atoms with van der Waals surface area (Å²) in [4.78, 5) is 21.4. The van der Waals surface area contributed by atoms with Gasteiger partial charge in [0.15, 0.2) is 0 Å². The molecule has 1 aliphatic rings. The van der Waals surface area contributed by atoms with Crippen LogP contribution in [0, 0.1) is 11.8 Å². The third kappa shape index (κ3) is 1.59. The minimum absolute atomic E-state index is 0.0833. The molecule has 2 unspecified atom stereocenters. The summed E-state index contributed by atoms with van der Waals surface area (Å²) in [6.45, 7) is 1.93. The van der Waals surface area contributed by atoms with E-state index in [1.165, 1.54) is 0 Å². The fraction of sp³-hybridized carbons (Fsp3) is 0.750. The summed E-state index contributed by atoms with van der Waals surface area (Å²) < 4.78 is 0. The Hall–Kier alpha value is -0.860. The van der Waals surface area contributed by atoms with Gasteiger partial charge in [0.2, 0.25) is 0 Å². The van der Waals surface area contributed by atoms with Gasteiger partial charge in [0.05, 0.1) is 5.92 Å². The molecular weight excluding hydrogens is 144 g/mol. The van der Waals surface area contributed by atoms with E-state index in [0.29, 0.717) is 6.42 Å². The van der Waals surface area contributed by atoms with E-state index in [-0.39, 0.29) is 18.1 Å². The molecule has 0 bridgehead atoms. The second kappa shape index (κ2) is 3.03. The van der Waals surface area contributed by atoms with E-state index >= 15 is 0 Å². The van der Waals surface area contributed by atoms with Crippen molar-refractivity contribution < 1.29 is 14.7 Å². The standard InChI is InChI=1S/C8H12O3/c1-2-5-3-6(9)4-7(5)8(10)11/h5,7H,2-4H2,1H3,(H,10,11).